The van der Waals surface area contributed by atoms with Crippen molar-refractivity contribution >= 4 is 21.8 Å². The van der Waals surface area contributed by atoms with E-state index >= 15 is 0 Å². The Bertz CT molecular complexity index is 1010. The molecule has 29 heavy (non-hydrogen) atoms. The second kappa shape index (κ2) is 8.73. The van der Waals surface area contributed by atoms with Gasteiger partial charge in [-0.3, -0.25) is 4.98 Å². The third kappa shape index (κ3) is 5.63. The summed E-state index contributed by atoms with van der Waals surface area (Å²) in [6.07, 6.45) is 2.17. The normalized spacial score (nSPS) is 13.5. The summed E-state index contributed by atoms with van der Waals surface area (Å²) in [7, 11) is -2.11. The summed E-state index contributed by atoms with van der Waals surface area (Å²) in [5.74, 6) is -0.370. The van der Waals surface area contributed by atoms with Crippen molar-refractivity contribution in [3.05, 3.63) is 53.9 Å². The first-order valence-corrected chi connectivity index (χ1v) is 10.6. The van der Waals surface area contributed by atoms with Crippen LogP contribution in [0.1, 0.15) is 56.5 Å². The molecule has 0 saturated heterocycles. The first-order chi connectivity index (χ1) is 13.5. The third-order valence-corrected chi connectivity index (χ3v) is 6.09. The van der Waals surface area contributed by atoms with E-state index in [0.717, 1.165) is 5.56 Å². The van der Waals surface area contributed by atoms with Crippen LogP contribution in [0.15, 0.2) is 56.9 Å². The number of carbonyl (C=O) groups is 2. The zero-order valence-corrected chi connectivity index (χ0v) is 18.3. The van der Waals surface area contributed by atoms with E-state index in [0.29, 0.717) is 10.5 Å². The Balaban J connectivity index is 2.66. The molecule has 0 fully saturated rings. The third-order valence-electron chi connectivity index (χ3n) is 3.91. The highest BCUT2D eigenvalue weighted by Crippen LogP contribution is 2.27. The van der Waals surface area contributed by atoms with E-state index in [1.54, 1.807) is 33.0 Å². The first-order valence-electron chi connectivity index (χ1n) is 9.10. The van der Waals surface area contributed by atoms with Crippen LogP contribution in [0.5, 0.6) is 0 Å². The van der Waals surface area contributed by atoms with Gasteiger partial charge in [-0.2, -0.15) is 0 Å². The molecule has 156 valence electrons. The van der Waals surface area contributed by atoms with Gasteiger partial charge in [0.15, 0.2) is 0 Å². The fourth-order valence-electron chi connectivity index (χ4n) is 2.42. The van der Waals surface area contributed by atoms with E-state index in [4.69, 9.17) is 9.47 Å². The summed E-state index contributed by atoms with van der Waals surface area (Å²) >= 11 is 0. The second-order valence-corrected chi connectivity index (χ2v) is 9.90. The number of methoxy groups -OCH3 is 1. The first kappa shape index (κ1) is 22.5. The molecule has 0 bridgehead atoms. The van der Waals surface area contributed by atoms with E-state index in [1.807, 2.05) is 13.8 Å². The van der Waals surface area contributed by atoms with Gasteiger partial charge in [-0.25, -0.2) is 13.8 Å². The molecule has 8 heteroatoms. The maximum Gasteiger partial charge on any atom is 0.442 e. The van der Waals surface area contributed by atoms with Crippen molar-refractivity contribution in [1.82, 2.24) is 4.98 Å². The molecule has 0 aliphatic rings. The largest absolute Gasteiger partial charge is 0.465 e. The molecule has 1 aromatic heterocycles. The molecular formula is C21H26N2O5S. The van der Waals surface area contributed by atoms with Gasteiger partial charge in [0.1, 0.15) is 15.3 Å². The van der Waals surface area contributed by atoms with Crippen molar-refractivity contribution in [1.29, 1.82) is 0 Å². The summed E-state index contributed by atoms with van der Waals surface area (Å²) in [4.78, 5) is 28.8. The SMILES string of the molecule is COC(=O)c1ccc(S(=O)(=NC(=O)OC(C)(C)C)c2cncc(C(C)C)c2)cc1. The zero-order chi connectivity index (χ0) is 21.8. The van der Waals surface area contributed by atoms with Gasteiger partial charge in [-0.15, -0.1) is 4.36 Å². The fraction of sp³-hybridized carbons (Fsp3) is 0.381. The van der Waals surface area contributed by atoms with Gasteiger partial charge in [-0.05, 0) is 62.6 Å². The molecule has 1 amide bonds. The molecule has 0 radical (unpaired) electrons. The Kier molecular flexibility index (Phi) is 6.79. The average molecular weight is 419 g/mol. The summed E-state index contributed by atoms with van der Waals surface area (Å²) in [5, 5.41) is 0. The average Bonchev–Trinajstić information content (AvgIpc) is 2.65. The number of nitrogens with zero attached hydrogens (tertiary/aromatic N) is 2. The zero-order valence-electron chi connectivity index (χ0n) is 17.5. The van der Waals surface area contributed by atoms with Crippen LogP contribution in [0.3, 0.4) is 0 Å². The Labute approximate surface area is 171 Å². The Morgan fingerprint density at radius 2 is 1.69 bits per heavy atom. The lowest BCUT2D eigenvalue weighted by Gasteiger charge is -2.18. The highest BCUT2D eigenvalue weighted by atomic mass is 32.2. The molecule has 1 aromatic carbocycles. The lowest BCUT2D eigenvalue weighted by atomic mass is 10.1. The Hall–Kier alpha value is -2.74. The molecule has 0 aliphatic carbocycles. The summed E-state index contributed by atoms with van der Waals surface area (Å²) in [5.41, 5.74) is 0.373. The molecule has 0 saturated carbocycles. The van der Waals surface area contributed by atoms with Crippen molar-refractivity contribution < 1.29 is 23.3 Å². The Morgan fingerprint density at radius 3 is 2.21 bits per heavy atom. The molecule has 0 spiro atoms. The number of rotatable bonds is 4. The topological polar surface area (TPSA) is 94.9 Å². The van der Waals surface area contributed by atoms with Crippen molar-refractivity contribution in [3.8, 4) is 0 Å². The quantitative estimate of drug-likeness (QED) is 0.661. The minimum absolute atomic E-state index is 0.148. The van der Waals surface area contributed by atoms with Crippen LogP contribution in [0.2, 0.25) is 0 Å². The van der Waals surface area contributed by atoms with E-state index in [-0.39, 0.29) is 10.8 Å². The molecule has 0 N–H and O–H groups in total. The minimum Gasteiger partial charge on any atom is -0.465 e. The maximum absolute atomic E-state index is 14.0. The van der Waals surface area contributed by atoms with Gasteiger partial charge >= 0.3 is 12.1 Å². The molecule has 0 aliphatic heterocycles. The van der Waals surface area contributed by atoms with Crippen molar-refractivity contribution in [3.63, 3.8) is 0 Å². The van der Waals surface area contributed by atoms with Crippen LogP contribution in [-0.2, 0) is 19.2 Å². The molecule has 2 aromatic rings. The number of hydrogen-bond acceptors (Lipinski definition) is 6. The van der Waals surface area contributed by atoms with Gasteiger partial charge < -0.3 is 9.47 Å². The van der Waals surface area contributed by atoms with E-state index in [2.05, 4.69) is 9.35 Å². The molecule has 7 nitrogen and oxygen atoms in total. The van der Waals surface area contributed by atoms with Crippen molar-refractivity contribution in [2.45, 2.75) is 55.9 Å². The number of ether oxygens (including phenoxy) is 2. The highest BCUT2D eigenvalue weighted by Gasteiger charge is 2.23. The molecule has 1 unspecified atom stereocenters. The molecule has 2 rings (SSSR count). The van der Waals surface area contributed by atoms with Crippen LogP contribution < -0.4 is 0 Å². The number of benzene rings is 1. The predicted molar refractivity (Wildman–Crippen MR) is 109 cm³/mol. The van der Waals surface area contributed by atoms with Gasteiger partial charge in [0, 0.05) is 12.4 Å². The minimum atomic E-state index is -3.39. The smallest absolute Gasteiger partial charge is 0.442 e. The number of aromatic nitrogens is 1. The van der Waals surface area contributed by atoms with Gasteiger partial charge in [-0.1, -0.05) is 13.8 Å². The molecule has 1 heterocycles. The molecule has 1 atom stereocenters. The lowest BCUT2D eigenvalue weighted by Crippen LogP contribution is -2.22. The highest BCUT2D eigenvalue weighted by molar-refractivity contribution is 7.94. The number of esters is 1. The van der Waals surface area contributed by atoms with Crippen LogP contribution in [-0.4, -0.2) is 34.0 Å². The predicted octanol–water partition coefficient (Wildman–Crippen LogP) is 4.81. The number of pyridine rings is 1. The van der Waals surface area contributed by atoms with Crippen LogP contribution in [0.4, 0.5) is 4.79 Å². The second-order valence-electron chi connectivity index (χ2n) is 7.72. The summed E-state index contributed by atoms with van der Waals surface area (Å²) in [6, 6.07) is 7.66. The summed E-state index contributed by atoms with van der Waals surface area (Å²) < 4.78 is 27.9. The summed E-state index contributed by atoms with van der Waals surface area (Å²) in [6.45, 7) is 9.08. The van der Waals surface area contributed by atoms with Gasteiger partial charge in [0.2, 0.25) is 0 Å². The monoisotopic (exact) mass is 418 g/mol. The number of amides is 1. The fourth-order valence-corrected chi connectivity index (χ4v) is 4.16. The number of carbonyl (C=O) groups excluding carboxylic acids is 2. The van der Waals surface area contributed by atoms with Crippen LogP contribution in [0.25, 0.3) is 0 Å². The molecular weight excluding hydrogens is 392 g/mol. The van der Waals surface area contributed by atoms with Crippen molar-refractivity contribution in [2.75, 3.05) is 7.11 Å². The Morgan fingerprint density at radius 1 is 1.07 bits per heavy atom. The van der Waals surface area contributed by atoms with E-state index < -0.39 is 27.4 Å². The van der Waals surface area contributed by atoms with Gasteiger partial charge in [0.05, 0.1) is 22.5 Å². The van der Waals surface area contributed by atoms with E-state index in [9.17, 15) is 13.8 Å². The van der Waals surface area contributed by atoms with Gasteiger partial charge in [0.25, 0.3) is 0 Å². The van der Waals surface area contributed by atoms with E-state index in [1.165, 1.54) is 37.6 Å². The number of hydrogen-bond donors (Lipinski definition) is 0. The standard InChI is InChI=1S/C21H26N2O5S/c1-14(2)16-11-18(13-22-12-16)29(26,23-20(25)28-21(3,4)5)17-9-7-15(8-10-17)19(24)27-6/h7-14H,1-6H3. The van der Waals surface area contributed by atoms with Crippen LogP contribution >= 0.6 is 0 Å². The lowest BCUT2D eigenvalue weighted by molar-refractivity contribution is 0.0593. The maximum atomic E-state index is 14.0. The van der Waals surface area contributed by atoms with Crippen molar-refractivity contribution in [2.24, 2.45) is 4.36 Å². The van der Waals surface area contributed by atoms with Crippen LogP contribution in [0, 0.1) is 0 Å².